The van der Waals surface area contributed by atoms with Gasteiger partial charge in [-0.2, -0.15) is 9.65 Å². The van der Waals surface area contributed by atoms with E-state index in [2.05, 4.69) is 6.07 Å². The number of carbonyl (C=O) groups excluding carboxylic acids is 3. The molecule has 0 saturated carbocycles. The molecule has 2 aliphatic rings. The summed E-state index contributed by atoms with van der Waals surface area (Å²) >= 11 is 0. The first kappa shape index (κ1) is 29.1. The third kappa shape index (κ3) is 6.91. The van der Waals surface area contributed by atoms with Crippen molar-refractivity contribution in [1.29, 1.82) is 5.26 Å². The predicted molar refractivity (Wildman–Crippen MR) is 132 cm³/mol. The number of halogens is 2. The van der Waals surface area contributed by atoms with Crippen LogP contribution in [0.15, 0.2) is 12.1 Å². The van der Waals surface area contributed by atoms with Crippen LogP contribution in [-0.4, -0.2) is 70.2 Å². The van der Waals surface area contributed by atoms with Crippen LogP contribution in [-0.2, 0) is 14.3 Å². The summed E-state index contributed by atoms with van der Waals surface area (Å²) in [5.74, 6) is -4.30. The highest BCUT2D eigenvalue weighted by Crippen LogP contribution is 2.32. The Morgan fingerprint density at radius 3 is 2.29 bits per heavy atom. The van der Waals surface area contributed by atoms with E-state index in [1.54, 1.807) is 41.5 Å². The van der Waals surface area contributed by atoms with Crippen LogP contribution in [0.25, 0.3) is 0 Å². The Morgan fingerprint density at radius 1 is 1.03 bits per heavy atom. The topological polar surface area (TPSA) is 109 Å². The molecule has 0 bridgehead atoms. The van der Waals surface area contributed by atoms with Gasteiger partial charge in [0.05, 0.1) is 17.7 Å². The monoisotopic (exact) mass is 535 g/mol. The Kier molecular flexibility index (Phi) is 8.54. The zero-order chi connectivity index (χ0) is 28.4. The normalized spacial score (nSPS) is 21.7. The second-order valence-electron chi connectivity index (χ2n) is 11.5. The zero-order valence-electron chi connectivity index (χ0n) is 22.7. The number of rotatable bonds is 5. The van der Waals surface area contributed by atoms with Crippen molar-refractivity contribution in [2.75, 3.05) is 13.2 Å². The maximum Gasteiger partial charge on any atom is 0.411 e. The molecule has 0 spiro atoms. The van der Waals surface area contributed by atoms with E-state index in [1.165, 1.54) is 9.80 Å². The lowest BCUT2D eigenvalue weighted by Crippen LogP contribution is -2.53. The van der Waals surface area contributed by atoms with Crippen LogP contribution in [0.2, 0.25) is 0 Å². The molecule has 2 fully saturated rings. The summed E-state index contributed by atoms with van der Waals surface area (Å²) in [5, 5.41) is 9.42. The van der Waals surface area contributed by atoms with Crippen molar-refractivity contribution < 1.29 is 37.4 Å². The molecule has 0 N–H and O–H groups in total. The van der Waals surface area contributed by atoms with Gasteiger partial charge in [0.15, 0.2) is 11.6 Å². The number of esters is 1. The fourth-order valence-corrected chi connectivity index (χ4v) is 4.55. The molecule has 11 heteroatoms. The Morgan fingerprint density at radius 2 is 1.68 bits per heavy atom. The molecule has 0 radical (unpaired) electrons. The van der Waals surface area contributed by atoms with Crippen LogP contribution in [0.5, 0.6) is 5.75 Å². The summed E-state index contributed by atoms with van der Waals surface area (Å²) in [6.07, 6.45) is 1.12. The van der Waals surface area contributed by atoms with Gasteiger partial charge in [-0.25, -0.2) is 14.0 Å². The Labute approximate surface area is 221 Å². The molecule has 9 nitrogen and oxygen atoms in total. The molecule has 0 aliphatic carbocycles. The van der Waals surface area contributed by atoms with Gasteiger partial charge in [0.25, 0.3) is 0 Å². The number of ether oxygens (including phenoxy) is 3. The summed E-state index contributed by atoms with van der Waals surface area (Å²) in [5.41, 5.74) is -1.92. The maximum atomic E-state index is 14.6. The SMILES string of the molecule is CC(C)(C)OC(=O)c1cc(F)c(F)c(OC[C@@H]2CC[C@H](C(=O)N3CCC[C@H]3C#N)N2C(=O)OC(C)(C)C)c1. The lowest BCUT2D eigenvalue weighted by Gasteiger charge is -2.34. The van der Waals surface area contributed by atoms with E-state index < -0.39 is 58.8 Å². The van der Waals surface area contributed by atoms with Crippen molar-refractivity contribution in [3.05, 3.63) is 29.3 Å². The number of nitriles is 1. The molecule has 1 aromatic carbocycles. The summed E-state index contributed by atoms with van der Waals surface area (Å²) in [6, 6.07) is 1.76. The van der Waals surface area contributed by atoms with Gasteiger partial charge in [-0.05, 0) is 79.4 Å². The second kappa shape index (κ2) is 11.1. The largest absolute Gasteiger partial charge is 0.488 e. The number of hydrogen-bond donors (Lipinski definition) is 0. The molecule has 2 heterocycles. The van der Waals surface area contributed by atoms with Crippen molar-refractivity contribution in [2.24, 2.45) is 0 Å². The minimum absolute atomic E-state index is 0.228. The highest BCUT2D eigenvalue weighted by molar-refractivity contribution is 5.90. The first-order valence-corrected chi connectivity index (χ1v) is 12.7. The van der Waals surface area contributed by atoms with Crippen LogP contribution < -0.4 is 4.74 Å². The van der Waals surface area contributed by atoms with Gasteiger partial charge in [0.1, 0.15) is 29.9 Å². The van der Waals surface area contributed by atoms with Gasteiger partial charge < -0.3 is 19.1 Å². The number of hydrogen-bond acceptors (Lipinski definition) is 7. The molecular formula is C27H35F2N3O6. The lowest BCUT2D eigenvalue weighted by atomic mass is 10.1. The molecule has 2 saturated heterocycles. The Bertz CT molecular complexity index is 1120. The molecule has 208 valence electrons. The highest BCUT2D eigenvalue weighted by Gasteiger charge is 2.46. The van der Waals surface area contributed by atoms with Crippen LogP contribution in [0.4, 0.5) is 13.6 Å². The number of nitrogens with zero attached hydrogens (tertiary/aromatic N) is 3. The van der Waals surface area contributed by atoms with Crippen molar-refractivity contribution in [1.82, 2.24) is 9.80 Å². The number of carbonyl (C=O) groups is 3. The fourth-order valence-electron chi connectivity index (χ4n) is 4.55. The minimum atomic E-state index is -1.29. The van der Waals surface area contributed by atoms with Gasteiger partial charge >= 0.3 is 12.1 Å². The van der Waals surface area contributed by atoms with Crippen LogP contribution in [0.3, 0.4) is 0 Å². The van der Waals surface area contributed by atoms with Crippen molar-refractivity contribution in [2.45, 2.75) is 96.6 Å². The molecule has 0 unspecified atom stereocenters. The van der Waals surface area contributed by atoms with E-state index in [4.69, 9.17) is 14.2 Å². The van der Waals surface area contributed by atoms with Crippen molar-refractivity contribution in [3.63, 3.8) is 0 Å². The smallest absolute Gasteiger partial charge is 0.411 e. The zero-order valence-corrected chi connectivity index (χ0v) is 22.7. The van der Waals surface area contributed by atoms with Crippen LogP contribution >= 0.6 is 0 Å². The van der Waals surface area contributed by atoms with Gasteiger partial charge in [0.2, 0.25) is 11.7 Å². The van der Waals surface area contributed by atoms with Gasteiger partial charge in [-0.1, -0.05) is 0 Å². The molecule has 38 heavy (non-hydrogen) atoms. The van der Waals surface area contributed by atoms with Crippen LogP contribution in [0.1, 0.15) is 77.6 Å². The molecule has 3 rings (SSSR count). The first-order chi connectivity index (χ1) is 17.6. The number of amides is 2. The van der Waals surface area contributed by atoms with Crippen molar-refractivity contribution in [3.8, 4) is 11.8 Å². The standard InChI is InChI=1S/C27H35F2N3O6/c1-26(2,3)37-24(34)16-12-19(28)22(29)21(13-16)36-15-18-9-10-20(32(18)25(35)38-27(4,5)6)23(33)31-11-7-8-17(31)14-30/h12-13,17-18,20H,7-11,15H2,1-6H3/t17-,18-,20+/m0/s1. The third-order valence-electron chi connectivity index (χ3n) is 6.14. The molecule has 2 aliphatic heterocycles. The summed E-state index contributed by atoms with van der Waals surface area (Å²) in [7, 11) is 0. The summed E-state index contributed by atoms with van der Waals surface area (Å²) in [6.45, 7) is 10.1. The molecule has 0 aromatic heterocycles. The van der Waals surface area contributed by atoms with E-state index >= 15 is 0 Å². The average molecular weight is 536 g/mol. The predicted octanol–water partition coefficient (Wildman–Crippen LogP) is 4.58. The van der Waals surface area contributed by atoms with E-state index in [-0.39, 0.29) is 24.5 Å². The minimum Gasteiger partial charge on any atom is -0.488 e. The van der Waals surface area contributed by atoms with E-state index in [0.717, 1.165) is 12.1 Å². The lowest BCUT2D eigenvalue weighted by molar-refractivity contribution is -0.136. The fraction of sp³-hybridized carbons (Fsp3) is 0.630. The summed E-state index contributed by atoms with van der Waals surface area (Å²) < 4.78 is 45.2. The third-order valence-corrected chi connectivity index (χ3v) is 6.14. The Balaban J connectivity index is 1.83. The number of benzene rings is 1. The average Bonchev–Trinajstić information content (AvgIpc) is 3.44. The van der Waals surface area contributed by atoms with Crippen LogP contribution in [0, 0.1) is 23.0 Å². The van der Waals surface area contributed by atoms with Crippen molar-refractivity contribution >= 4 is 18.0 Å². The molecular weight excluding hydrogens is 500 g/mol. The summed E-state index contributed by atoms with van der Waals surface area (Å²) in [4.78, 5) is 41.7. The quantitative estimate of drug-likeness (QED) is 0.508. The van der Waals surface area contributed by atoms with Gasteiger partial charge in [0, 0.05) is 6.54 Å². The molecule has 3 atom stereocenters. The maximum absolute atomic E-state index is 14.6. The number of likely N-dealkylation sites (tertiary alicyclic amines) is 2. The van der Waals surface area contributed by atoms with E-state index in [9.17, 15) is 28.4 Å². The second-order valence-corrected chi connectivity index (χ2v) is 11.5. The Hall–Kier alpha value is -3.42. The molecule has 2 amide bonds. The van der Waals surface area contributed by atoms with E-state index in [1.807, 2.05) is 0 Å². The first-order valence-electron chi connectivity index (χ1n) is 12.7. The highest BCUT2D eigenvalue weighted by atomic mass is 19.2. The van der Waals surface area contributed by atoms with Gasteiger partial charge in [-0.3, -0.25) is 9.69 Å². The van der Waals surface area contributed by atoms with Gasteiger partial charge in [-0.15, -0.1) is 0 Å². The van der Waals surface area contributed by atoms with E-state index in [0.29, 0.717) is 25.8 Å². The molecule has 1 aromatic rings.